The maximum atomic E-state index is 5.11. The summed E-state index contributed by atoms with van der Waals surface area (Å²) in [6.07, 6.45) is 1.94. The van der Waals surface area contributed by atoms with Crippen molar-refractivity contribution in [2.24, 2.45) is 0 Å². The Morgan fingerprint density at radius 1 is 0.889 bits per heavy atom. The van der Waals surface area contributed by atoms with E-state index in [1.165, 1.54) is 32.8 Å². The van der Waals surface area contributed by atoms with E-state index in [2.05, 4.69) is 83.1 Å². The molecule has 0 aliphatic heterocycles. The van der Waals surface area contributed by atoms with Gasteiger partial charge in [-0.3, -0.25) is 9.97 Å². The molecule has 0 bridgehead atoms. The Balaban J connectivity index is 1.96. The first-order chi connectivity index (χ1) is 12.8. The summed E-state index contributed by atoms with van der Waals surface area (Å²) in [5, 5.41) is 3.72. The summed E-state index contributed by atoms with van der Waals surface area (Å²) in [4.78, 5) is 9.91. The van der Waals surface area contributed by atoms with Crippen LogP contribution in [0.5, 0.6) is 0 Å². The Morgan fingerprint density at radius 3 is 2.44 bits per heavy atom. The summed E-state index contributed by atoms with van der Waals surface area (Å²) in [5.74, 6) is 0. The number of pyridine rings is 2. The standard InChI is InChI=1S/C25H24N2/c1-24(2,3)17-12-16-10-11-26-22-18-13-15-8-6-7-9-20(15)27-23(18)25(4,5)19(14-17)21(16)22/h6-14H,1-5H3. The second-order valence-corrected chi connectivity index (χ2v) is 9.23. The Bertz CT molecular complexity index is 1230. The van der Waals surface area contributed by atoms with E-state index in [0.717, 1.165) is 16.9 Å². The van der Waals surface area contributed by atoms with E-state index in [1.807, 2.05) is 6.20 Å². The lowest BCUT2D eigenvalue weighted by molar-refractivity contribution is 0.581. The fourth-order valence-electron chi connectivity index (χ4n) is 4.35. The van der Waals surface area contributed by atoms with Gasteiger partial charge >= 0.3 is 0 Å². The van der Waals surface area contributed by atoms with Crippen LogP contribution in [0.25, 0.3) is 32.9 Å². The van der Waals surface area contributed by atoms with Gasteiger partial charge < -0.3 is 0 Å². The first-order valence-electron chi connectivity index (χ1n) is 9.61. The number of aromatic nitrogens is 2. The Labute approximate surface area is 160 Å². The lowest BCUT2D eigenvalue weighted by Gasteiger charge is -2.35. The zero-order chi connectivity index (χ0) is 19.0. The first-order valence-corrected chi connectivity index (χ1v) is 9.61. The highest BCUT2D eigenvalue weighted by Crippen LogP contribution is 2.48. The molecule has 2 aromatic heterocycles. The summed E-state index contributed by atoms with van der Waals surface area (Å²) in [5.41, 5.74) is 7.03. The highest BCUT2D eigenvalue weighted by atomic mass is 14.8. The van der Waals surface area contributed by atoms with Crippen molar-refractivity contribution in [2.75, 3.05) is 0 Å². The Hall–Kier alpha value is -2.74. The molecule has 2 aromatic carbocycles. The molecule has 0 spiro atoms. The molecule has 2 heteroatoms. The number of hydrogen-bond acceptors (Lipinski definition) is 2. The van der Waals surface area contributed by atoms with Crippen LogP contribution < -0.4 is 0 Å². The van der Waals surface area contributed by atoms with E-state index in [4.69, 9.17) is 9.97 Å². The number of nitrogens with zero attached hydrogens (tertiary/aromatic N) is 2. The Morgan fingerprint density at radius 2 is 1.67 bits per heavy atom. The number of hydrogen-bond donors (Lipinski definition) is 0. The lowest BCUT2D eigenvalue weighted by atomic mass is 9.70. The highest BCUT2D eigenvalue weighted by Gasteiger charge is 2.36. The van der Waals surface area contributed by atoms with E-state index >= 15 is 0 Å². The van der Waals surface area contributed by atoms with Gasteiger partial charge in [0, 0.05) is 27.9 Å². The largest absolute Gasteiger partial charge is 0.256 e. The van der Waals surface area contributed by atoms with Crippen LogP contribution in [0.1, 0.15) is 51.4 Å². The quantitative estimate of drug-likeness (QED) is 0.366. The normalized spacial score (nSPS) is 15.1. The summed E-state index contributed by atoms with van der Waals surface area (Å²) in [6, 6.07) is 17.5. The van der Waals surface area contributed by atoms with Gasteiger partial charge in [-0.2, -0.15) is 0 Å². The topological polar surface area (TPSA) is 25.8 Å². The van der Waals surface area contributed by atoms with E-state index in [1.54, 1.807) is 0 Å². The predicted octanol–water partition coefficient (Wildman–Crippen LogP) is 6.39. The van der Waals surface area contributed by atoms with Crippen molar-refractivity contribution < 1.29 is 0 Å². The molecule has 2 heterocycles. The molecule has 0 saturated carbocycles. The van der Waals surface area contributed by atoms with E-state index < -0.39 is 0 Å². The van der Waals surface area contributed by atoms with Gasteiger partial charge in [0.1, 0.15) is 0 Å². The van der Waals surface area contributed by atoms with Gasteiger partial charge in [-0.05, 0) is 40.1 Å². The fourth-order valence-corrected chi connectivity index (χ4v) is 4.35. The maximum absolute atomic E-state index is 5.11. The molecule has 0 unspecified atom stereocenters. The molecule has 2 nitrogen and oxygen atoms in total. The third kappa shape index (κ3) is 2.26. The maximum Gasteiger partial charge on any atom is 0.0802 e. The average Bonchev–Trinajstić information content (AvgIpc) is 2.64. The second kappa shape index (κ2) is 5.16. The van der Waals surface area contributed by atoms with Crippen LogP contribution in [0.15, 0.2) is 54.7 Å². The predicted molar refractivity (Wildman–Crippen MR) is 113 cm³/mol. The second-order valence-electron chi connectivity index (χ2n) is 9.23. The minimum Gasteiger partial charge on any atom is -0.256 e. The van der Waals surface area contributed by atoms with Crippen LogP contribution in [0.4, 0.5) is 0 Å². The molecular formula is C25H24N2. The lowest BCUT2D eigenvalue weighted by Crippen LogP contribution is -2.27. The zero-order valence-electron chi connectivity index (χ0n) is 16.6. The SMILES string of the molecule is CC(C)(C)c1cc2c3c(nccc3c1)-c1cc3ccccc3nc1C2(C)C. The fraction of sp³-hybridized carbons (Fsp3) is 0.280. The molecule has 4 aromatic rings. The zero-order valence-corrected chi connectivity index (χ0v) is 16.6. The van der Waals surface area contributed by atoms with Crippen molar-refractivity contribution in [1.29, 1.82) is 0 Å². The van der Waals surface area contributed by atoms with E-state index in [0.29, 0.717) is 0 Å². The van der Waals surface area contributed by atoms with Crippen LogP contribution in [-0.2, 0) is 10.8 Å². The van der Waals surface area contributed by atoms with Gasteiger partial charge in [0.05, 0.1) is 16.9 Å². The minimum atomic E-state index is -0.172. The molecule has 1 aliphatic carbocycles. The summed E-state index contributed by atoms with van der Waals surface area (Å²) in [6.45, 7) is 11.4. The molecule has 0 amide bonds. The van der Waals surface area contributed by atoms with Crippen molar-refractivity contribution in [3.8, 4) is 11.3 Å². The molecule has 1 aliphatic rings. The minimum absolute atomic E-state index is 0.0985. The van der Waals surface area contributed by atoms with Crippen molar-refractivity contribution in [3.63, 3.8) is 0 Å². The molecule has 134 valence electrons. The van der Waals surface area contributed by atoms with Gasteiger partial charge in [-0.15, -0.1) is 0 Å². The molecule has 0 radical (unpaired) electrons. The van der Waals surface area contributed by atoms with Crippen LogP contribution >= 0.6 is 0 Å². The van der Waals surface area contributed by atoms with Crippen LogP contribution in [0.2, 0.25) is 0 Å². The monoisotopic (exact) mass is 352 g/mol. The molecule has 0 saturated heterocycles. The van der Waals surface area contributed by atoms with Gasteiger partial charge in [0.15, 0.2) is 0 Å². The van der Waals surface area contributed by atoms with Gasteiger partial charge in [-0.25, -0.2) is 0 Å². The van der Waals surface area contributed by atoms with E-state index in [-0.39, 0.29) is 10.8 Å². The third-order valence-corrected chi connectivity index (χ3v) is 5.97. The van der Waals surface area contributed by atoms with Crippen LogP contribution in [0.3, 0.4) is 0 Å². The van der Waals surface area contributed by atoms with Crippen molar-refractivity contribution in [2.45, 2.75) is 45.4 Å². The van der Waals surface area contributed by atoms with Gasteiger partial charge in [0.25, 0.3) is 0 Å². The molecule has 5 rings (SSSR count). The molecule has 0 atom stereocenters. The van der Waals surface area contributed by atoms with E-state index in [9.17, 15) is 0 Å². The molecular weight excluding hydrogens is 328 g/mol. The van der Waals surface area contributed by atoms with Gasteiger partial charge in [-0.1, -0.05) is 65.0 Å². The summed E-state index contributed by atoms with van der Waals surface area (Å²) < 4.78 is 0. The van der Waals surface area contributed by atoms with Crippen molar-refractivity contribution in [3.05, 3.63) is 71.5 Å². The van der Waals surface area contributed by atoms with Gasteiger partial charge in [0.2, 0.25) is 0 Å². The summed E-state index contributed by atoms with van der Waals surface area (Å²) in [7, 11) is 0. The van der Waals surface area contributed by atoms with Crippen molar-refractivity contribution in [1.82, 2.24) is 9.97 Å². The smallest absolute Gasteiger partial charge is 0.0802 e. The summed E-state index contributed by atoms with van der Waals surface area (Å²) >= 11 is 0. The molecule has 0 fully saturated rings. The first kappa shape index (κ1) is 16.4. The van der Waals surface area contributed by atoms with Crippen LogP contribution in [0, 0.1) is 0 Å². The number of benzene rings is 2. The number of para-hydroxylation sites is 1. The van der Waals surface area contributed by atoms with Crippen LogP contribution in [-0.4, -0.2) is 9.97 Å². The number of fused-ring (bicyclic) bond motifs is 3. The molecule has 27 heavy (non-hydrogen) atoms. The number of rotatable bonds is 0. The average molecular weight is 352 g/mol. The third-order valence-electron chi connectivity index (χ3n) is 5.97. The highest BCUT2D eigenvalue weighted by molar-refractivity contribution is 6.03. The van der Waals surface area contributed by atoms with Crippen molar-refractivity contribution >= 4 is 21.7 Å². The molecule has 0 N–H and O–H groups in total. The Kier molecular flexibility index (Phi) is 3.14.